The first-order chi connectivity index (χ1) is 10.1. The van der Waals surface area contributed by atoms with Crippen molar-refractivity contribution in [2.75, 3.05) is 0 Å². The number of unbranched alkanes of at least 4 members (excludes halogenated alkanes) is 2. The van der Waals surface area contributed by atoms with Crippen molar-refractivity contribution in [1.29, 1.82) is 0 Å². The van der Waals surface area contributed by atoms with Gasteiger partial charge in [0.1, 0.15) is 0 Å². The van der Waals surface area contributed by atoms with E-state index in [9.17, 15) is 4.91 Å². The van der Waals surface area contributed by atoms with Crippen LogP contribution < -0.4 is 5.73 Å². The van der Waals surface area contributed by atoms with E-state index in [0.717, 1.165) is 31.6 Å². The summed E-state index contributed by atoms with van der Waals surface area (Å²) in [4.78, 5) is 10.7. The second-order valence-electron chi connectivity index (χ2n) is 6.77. The highest BCUT2D eigenvalue weighted by Gasteiger charge is 2.09. The minimum atomic E-state index is 0.0544. The lowest BCUT2D eigenvalue weighted by Crippen LogP contribution is -2.19. The molecule has 0 aromatic carbocycles. The molecule has 21 heavy (non-hydrogen) atoms. The molecular formula is C18H38N2O. The van der Waals surface area contributed by atoms with Crippen molar-refractivity contribution in [2.24, 2.45) is 16.8 Å². The van der Waals surface area contributed by atoms with Gasteiger partial charge in [-0.2, -0.15) is 4.91 Å². The van der Waals surface area contributed by atoms with Crippen LogP contribution in [0.5, 0.6) is 0 Å². The first kappa shape index (κ1) is 20.6. The summed E-state index contributed by atoms with van der Waals surface area (Å²) < 4.78 is 0. The fourth-order valence-corrected chi connectivity index (χ4v) is 2.94. The third-order valence-electron chi connectivity index (χ3n) is 4.46. The molecule has 0 fully saturated rings. The Hall–Kier alpha value is -0.440. The third-order valence-corrected chi connectivity index (χ3v) is 4.46. The van der Waals surface area contributed by atoms with Gasteiger partial charge in [-0.05, 0) is 31.6 Å². The lowest BCUT2D eigenvalue weighted by Gasteiger charge is -2.14. The summed E-state index contributed by atoms with van der Waals surface area (Å²) in [5, 5.41) is 3.23. The molecule has 3 nitrogen and oxygen atoms in total. The Balaban J connectivity index is 3.49. The van der Waals surface area contributed by atoms with Crippen LogP contribution in [0, 0.1) is 10.8 Å². The van der Waals surface area contributed by atoms with E-state index < -0.39 is 0 Å². The van der Waals surface area contributed by atoms with Gasteiger partial charge in [0.25, 0.3) is 0 Å². The van der Waals surface area contributed by atoms with Gasteiger partial charge < -0.3 is 5.73 Å². The topological polar surface area (TPSA) is 55.4 Å². The van der Waals surface area contributed by atoms with E-state index in [4.69, 9.17) is 5.73 Å². The summed E-state index contributed by atoms with van der Waals surface area (Å²) in [7, 11) is 0. The molecular weight excluding hydrogens is 260 g/mol. The Morgan fingerprint density at radius 1 is 0.810 bits per heavy atom. The number of nitrogens with two attached hydrogens (primary N) is 1. The van der Waals surface area contributed by atoms with Crippen LogP contribution in [0.2, 0.25) is 0 Å². The molecule has 0 saturated heterocycles. The van der Waals surface area contributed by atoms with E-state index in [2.05, 4.69) is 25.9 Å². The Bertz CT molecular complexity index is 233. The molecule has 1 unspecified atom stereocenters. The molecule has 0 heterocycles. The summed E-state index contributed by atoms with van der Waals surface area (Å²) in [6.45, 7) is 6.67. The summed E-state index contributed by atoms with van der Waals surface area (Å²) in [5.41, 5.74) is 6.09. The molecule has 0 bridgehead atoms. The van der Waals surface area contributed by atoms with Crippen molar-refractivity contribution < 1.29 is 0 Å². The normalized spacial score (nSPS) is 15.6. The van der Waals surface area contributed by atoms with Gasteiger partial charge in [-0.1, -0.05) is 77.3 Å². The van der Waals surface area contributed by atoms with E-state index in [1.807, 2.05) is 0 Å². The maximum atomic E-state index is 10.7. The largest absolute Gasteiger partial charge is 0.328 e. The van der Waals surface area contributed by atoms with Crippen LogP contribution in [-0.4, -0.2) is 12.1 Å². The Morgan fingerprint density at radius 2 is 1.43 bits per heavy atom. The third kappa shape index (κ3) is 13.0. The minimum Gasteiger partial charge on any atom is -0.328 e. The first-order valence-corrected chi connectivity index (χ1v) is 9.22. The van der Waals surface area contributed by atoms with Crippen LogP contribution >= 0.6 is 0 Å². The van der Waals surface area contributed by atoms with Crippen LogP contribution in [0.3, 0.4) is 0 Å². The molecule has 2 N–H and O–H groups in total. The number of hydrogen-bond donors (Lipinski definition) is 1. The molecule has 0 aromatic heterocycles. The molecule has 0 aliphatic rings. The van der Waals surface area contributed by atoms with Gasteiger partial charge in [0, 0.05) is 6.04 Å². The zero-order valence-corrected chi connectivity index (χ0v) is 14.7. The Labute approximate surface area is 132 Å². The molecule has 0 aliphatic carbocycles. The standard InChI is InChI=1S/C18H38N2O/c1-4-6-13-17(19)14-8-7-11-16(3)12-9-15-18(20-21)10-5-2/h16-18H,4-15,19H2,1-3H3/t16-,17+,18?/m1/s1. The highest BCUT2D eigenvalue weighted by molar-refractivity contribution is 4.66. The Morgan fingerprint density at radius 3 is 2.05 bits per heavy atom. The zero-order valence-electron chi connectivity index (χ0n) is 14.7. The molecule has 0 saturated carbocycles. The van der Waals surface area contributed by atoms with Crippen molar-refractivity contribution in [3.63, 3.8) is 0 Å². The van der Waals surface area contributed by atoms with Gasteiger partial charge >= 0.3 is 0 Å². The van der Waals surface area contributed by atoms with Crippen molar-refractivity contribution in [1.82, 2.24) is 0 Å². The van der Waals surface area contributed by atoms with Gasteiger partial charge in [0.2, 0.25) is 0 Å². The SMILES string of the molecule is CCCC[C@H](N)CCCC[C@@H](C)CCCC(CCC)N=O. The first-order valence-electron chi connectivity index (χ1n) is 9.22. The summed E-state index contributed by atoms with van der Waals surface area (Å²) >= 11 is 0. The van der Waals surface area contributed by atoms with Crippen LogP contribution in [0.15, 0.2) is 5.18 Å². The average molecular weight is 299 g/mol. The molecule has 0 aromatic rings. The highest BCUT2D eigenvalue weighted by Crippen LogP contribution is 2.19. The molecule has 0 rings (SSSR count). The summed E-state index contributed by atoms with van der Waals surface area (Å²) in [6, 6.07) is 0.465. The minimum absolute atomic E-state index is 0.0544. The van der Waals surface area contributed by atoms with Gasteiger partial charge in [0.05, 0.1) is 6.04 Å². The predicted molar refractivity (Wildman–Crippen MR) is 93.5 cm³/mol. The molecule has 0 radical (unpaired) electrons. The fraction of sp³-hybridized carbons (Fsp3) is 1.00. The molecule has 0 spiro atoms. The number of rotatable bonds is 15. The summed E-state index contributed by atoms with van der Waals surface area (Å²) in [5.74, 6) is 0.769. The maximum absolute atomic E-state index is 10.7. The van der Waals surface area contributed by atoms with Crippen LogP contribution in [0.1, 0.15) is 97.8 Å². The molecule has 3 atom stereocenters. The van der Waals surface area contributed by atoms with E-state index in [1.54, 1.807) is 0 Å². The maximum Gasteiger partial charge on any atom is 0.0919 e. The Kier molecular flexibility index (Phi) is 14.2. The van der Waals surface area contributed by atoms with Gasteiger partial charge in [-0.3, -0.25) is 0 Å². The van der Waals surface area contributed by atoms with Crippen LogP contribution in [0.25, 0.3) is 0 Å². The summed E-state index contributed by atoms with van der Waals surface area (Å²) in [6.07, 6.45) is 14.1. The van der Waals surface area contributed by atoms with Crippen LogP contribution in [-0.2, 0) is 0 Å². The predicted octanol–water partition coefficient (Wildman–Crippen LogP) is 5.81. The lowest BCUT2D eigenvalue weighted by atomic mass is 9.94. The second kappa shape index (κ2) is 14.5. The second-order valence-corrected chi connectivity index (χ2v) is 6.77. The monoisotopic (exact) mass is 298 g/mol. The van der Waals surface area contributed by atoms with Crippen molar-refractivity contribution >= 4 is 0 Å². The molecule has 3 heteroatoms. The van der Waals surface area contributed by atoms with E-state index >= 15 is 0 Å². The highest BCUT2D eigenvalue weighted by atomic mass is 16.3. The number of nitrogens with zero attached hydrogens (tertiary/aromatic N) is 1. The fourth-order valence-electron chi connectivity index (χ4n) is 2.94. The van der Waals surface area contributed by atoms with Gasteiger partial charge in [-0.15, -0.1) is 0 Å². The zero-order chi connectivity index (χ0) is 15.9. The van der Waals surface area contributed by atoms with E-state index in [1.165, 1.54) is 51.4 Å². The van der Waals surface area contributed by atoms with Gasteiger partial charge in [0.15, 0.2) is 0 Å². The van der Waals surface area contributed by atoms with Crippen molar-refractivity contribution in [2.45, 2.75) is 110 Å². The van der Waals surface area contributed by atoms with Gasteiger partial charge in [-0.25, -0.2) is 0 Å². The van der Waals surface area contributed by atoms with E-state index in [-0.39, 0.29) is 6.04 Å². The average Bonchev–Trinajstić information content (AvgIpc) is 2.48. The van der Waals surface area contributed by atoms with Crippen molar-refractivity contribution in [3.05, 3.63) is 4.91 Å². The molecule has 0 aliphatic heterocycles. The number of hydrogen-bond acceptors (Lipinski definition) is 3. The molecule has 0 amide bonds. The lowest BCUT2D eigenvalue weighted by molar-refractivity contribution is 0.413. The van der Waals surface area contributed by atoms with Crippen molar-refractivity contribution in [3.8, 4) is 0 Å². The van der Waals surface area contributed by atoms with Crippen LogP contribution in [0.4, 0.5) is 0 Å². The quantitative estimate of drug-likeness (QED) is 0.306. The smallest absolute Gasteiger partial charge is 0.0919 e. The molecule has 126 valence electrons. The number of nitroso groups, excluding NO2 is 1. The van der Waals surface area contributed by atoms with E-state index in [0.29, 0.717) is 6.04 Å².